The zero-order valence-corrected chi connectivity index (χ0v) is 14.6. The third kappa shape index (κ3) is 4.16. The molecule has 2 aromatic rings. The fourth-order valence-electron chi connectivity index (χ4n) is 2.86. The number of amides is 2. The molecule has 2 amide bonds. The maximum Gasteiger partial charge on any atom is 0.323 e. The number of hydrogen-bond acceptors (Lipinski definition) is 4. The van der Waals surface area contributed by atoms with E-state index in [0.717, 1.165) is 30.2 Å². The summed E-state index contributed by atoms with van der Waals surface area (Å²) in [5.41, 5.74) is 1.56. The summed E-state index contributed by atoms with van der Waals surface area (Å²) in [5.74, 6) is 0.461. The van der Waals surface area contributed by atoms with E-state index in [1.54, 1.807) is 17.0 Å². The fraction of sp³-hybridized carbons (Fsp3) is 0.444. The number of rotatable bonds is 5. The van der Waals surface area contributed by atoms with Crippen molar-refractivity contribution in [2.75, 3.05) is 25.0 Å². The van der Waals surface area contributed by atoms with Crippen LogP contribution in [0.4, 0.5) is 14.3 Å². The lowest BCUT2D eigenvalue weighted by atomic mass is 10.2. The van der Waals surface area contributed by atoms with E-state index < -0.39 is 0 Å². The maximum absolute atomic E-state index is 13.0. The van der Waals surface area contributed by atoms with E-state index in [9.17, 15) is 9.18 Å². The Balaban J connectivity index is 1.31. The van der Waals surface area contributed by atoms with E-state index in [4.69, 9.17) is 4.74 Å². The van der Waals surface area contributed by atoms with Gasteiger partial charge in [0.25, 0.3) is 0 Å². The Morgan fingerprint density at radius 3 is 2.88 bits per heavy atom. The number of halogens is 1. The van der Waals surface area contributed by atoms with Crippen molar-refractivity contribution in [1.82, 2.24) is 9.88 Å². The smallest absolute Gasteiger partial charge is 0.323 e. The van der Waals surface area contributed by atoms with Gasteiger partial charge in [-0.3, -0.25) is 5.32 Å². The first-order valence-corrected chi connectivity index (χ1v) is 9.44. The Bertz CT molecular complexity index is 745. The molecule has 132 valence electrons. The van der Waals surface area contributed by atoms with E-state index in [2.05, 4.69) is 10.3 Å². The summed E-state index contributed by atoms with van der Waals surface area (Å²) in [7, 11) is 0. The van der Waals surface area contributed by atoms with Gasteiger partial charge in [0.1, 0.15) is 5.82 Å². The van der Waals surface area contributed by atoms with Crippen LogP contribution in [-0.4, -0.2) is 41.7 Å². The zero-order valence-electron chi connectivity index (χ0n) is 13.8. The first kappa shape index (κ1) is 16.5. The summed E-state index contributed by atoms with van der Waals surface area (Å²) in [6, 6.07) is 6.02. The molecule has 4 rings (SSSR count). The molecule has 25 heavy (non-hydrogen) atoms. The lowest BCUT2D eigenvalue weighted by molar-refractivity contribution is 0.0543. The molecule has 1 N–H and O–H groups in total. The fourth-order valence-corrected chi connectivity index (χ4v) is 3.57. The van der Waals surface area contributed by atoms with Crippen LogP contribution in [0.25, 0.3) is 11.3 Å². The first-order valence-electron chi connectivity index (χ1n) is 8.56. The monoisotopic (exact) mass is 361 g/mol. The van der Waals surface area contributed by atoms with E-state index in [-0.39, 0.29) is 18.0 Å². The van der Waals surface area contributed by atoms with E-state index in [1.165, 1.54) is 36.3 Å². The van der Waals surface area contributed by atoms with Crippen molar-refractivity contribution in [3.05, 3.63) is 35.5 Å². The Kier molecular flexibility index (Phi) is 4.67. The average Bonchev–Trinajstić information content (AvgIpc) is 3.12. The quantitative estimate of drug-likeness (QED) is 0.876. The van der Waals surface area contributed by atoms with Gasteiger partial charge in [0.15, 0.2) is 5.13 Å². The second-order valence-corrected chi connectivity index (χ2v) is 7.47. The number of carbonyl (C=O) groups excluding carboxylic acids is 1. The molecule has 7 heteroatoms. The third-order valence-electron chi connectivity index (χ3n) is 4.55. The highest BCUT2D eigenvalue weighted by atomic mass is 32.1. The predicted octanol–water partition coefficient (Wildman–Crippen LogP) is 3.98. The highest BCUT2D eigenvalue weighted by molar-refractivity contribution is 7.14. The number of benzene rings is 1. The third-order valence-corrected chi connectivity index (χ3v) is 5.31. The number of nitrogens with one attached hydrogen (secondary N) is 1. The number of thiazole rings is 1. The Morgan fingerprint density at radius 1 is 1.32 bits per heavy atom. The number of urea groups is 1. The van der Waals surface area contributed by atoms with Gasteiger partial charge < -0.3 is 9.64 Å². The Hall–Kier alpha value is -1.99. The van der Waals surface area contributed by atoms with E-state index in [1.807, 2.05) is 5.38 Å². The molecule has 5 nitrogen and oxygen atoms in total. The van der Waals surface area contributed by atoms with Crippen LogP contribution < -0.4 is 5.32 Å². The average molecular weight is 361 g/mol. The van der Waals surface area contributed by atoms with Crippen molar-refractivity contribution in [1.29, 1.82) is 0 Å². The van der Waals surface area contributed by atoms with E-state index in [0.29, 0.717) is 18.2 Å². The summed E-state index contributed by atoms with van der Waals surface area (Å²) in [4.78, 5) is 18.6. The van der Waals surface area contributed by atoms with Gasteiger partial charge in [0.05, 0.1) is 11.8 Å². The number of nitrogens with zero attached hydrogens (tertiary/aromatic N) is 2. The molecule has 0 spiro atoms. The molecule has 2 aliphatic rings. The number of ether oxygens (including phenoxy) is 1. The van der Waals surface area contributed by atoms with Crippen LogP contribution in [-0.2, 0) is 4.74 Å². The summed E-state index contributed by atoms with van der Waals surface area (Å²) in [6.45, 7) is 2.17. The molecule has 1 aliphatic heterocycles. The minimum absolute atomic E-state index is 0.141. The molecule has 1 aromatic carbocycles. The lowest BCUT2D eigenvalue weighted by Gasteiger charge is -2.16. The van der Waals surface area contributed by atoms with Crippen molar-refractivity contribution in [2.24, 2.45) is 5.92 Å². The second-order valence-electron chi connectivity index (χ2n) is 6.61. The van der Waals surface area contributed by atoms with Gasteiger partial charge in [-0.05, 0) is 49.4 Å². The molecule has 2 heterocycles. The van der Waals surface area contributed by atoms with Gasteiger partial charge in [-0.2, -0.15) is 0 Å². The van der Waals surface area contributed by atoms with Crippen LogP contribution in [0.5, 0.6) is 0 Å². The van der Waals surface area contributed by atoms with Crippen LogP contribution in [0.15, 0.2) is 29.6 Å². The molecule has 2 fully saturated rings. The number of anilines is 1. The number of likely N-dealkylation sites (tertiary alicyclic amines) is 1. The summed E-state index contributed by atoms with van der Waals surface area (Å²) >= 11 is 1.36. The van der Waals surface area contributed by atoms with E-state index >= 15 is 0 Å². The topological polar surface area (TPSA) is 54.5 Å². The van der Waals surface area contributed by atoms with Gasteiger partial charge in [-0.25, -0.2) is 14.2 Å². The summed E-state index contributed by atoms with van der Waals surface area (Å²) < 4.78 is 18.9. The van der Waals surface area contributed by atoms with Crippen molar-refractivity contribution in [2.45, 2.75) is 25.4 Å². The summed E-state index contributed by atoms with van der Waals surface area (Å²) in [6.07, 6.45) is 3.59. The molecule has 1 saturated heterocycles. The highest BCUT2D eigenvalue weighted by Gasteiger charge is 2.29. The van der Waals surface area contributed by atoms with Gasteiger partial charge in [-0.1, -0.05) is 0 Å². The predicted molar refractivity (Wildman–Crippen MR) is 95.2 cm³/mol. The Labute approximate surface area is 149 Å². The maximum atomic E-state index is 13.0. The molecule has 0 bridgehead atoms. The highest BCUT2D eigenvalue weighted by Crippen LogP contribution is 2.30. The molecule has 1 unspecified atom stereocenters. The van der Waals surface area contributed by atoms with Crippen molar-refractivity contribution in [3.8, 4) is 11.3 Å². The molecular formula is C18H20FN3O2S. The first-order chi connectivity index (χ1) is 12.2. The zero-order chi connectivity index (χ0) is 17.2. The molecule has 0 radical (unpaired) electrons. The second kappa shape index (κ2) is 7.09. The molecule has 1 aromatic heterocycles. The molecular weight excluding hydrogens is 341 g/mol. The Morgan fingerprint density at radius 2 is 2.12 bits per heavy atom. The number of carbonyl (C=O) groups is 1. The van der Waals surface area contributed by atoms with Gasteiger partial charge in [-0.15, -0.1) is 11.3 Å². The van der Waals surface area contributed by atoms with Crippen LogP contribution in [0, 0.1) is 11.7 Å². The minimum Gasteiger partial charge on any atom is -0.376 e. The van der Waals surface area contributed by atoms with Crippen molar-refractivity contribution < 1.29 is 13.9 Å². The summed E-state index contributed by atoms with van der Waals surface area (Å²) in [5, 5.41) is 5.25. The normalized spacial score (nSPS) is 20.0. The number of hydrogen-bond donors (Lipinski definition) is 1. The van der Waals surface area contributed by atoms with Crippen LogP contribution in [0.1, 0.15) is 19.3 Å². The van der Waals surface area contributed by atoms with Gasteiger partial charge in [0.2, 0.25) is 0 Å². The van der Waals surface area contributed by atoms with Crippen LogP contribution in [0.3, 0.4) is 0 Å². The van der Waals surface area contributed by atoms with Gasteiger partial charge in [0, 0.05) is 30.6 Å². The standard InChI is InChI=1S/C18H20FN3O2S/c19-14-5-3-13(4-6-14)16-11-25-17(20-16)21-18(23)22-8-7-15(9-22)24-10-12-1-2-12/h3-6,11-12,15H,1-2,7-10H2,(H,20,21,23). The minimum atomic E-state index is -0.278. The number of aromatic nitrogens is 1. The largest absolute Gasteiger partial charge is 0.376 e. The van der Waals surface area contributed by atoms with Crippen LogP contribution in [0.2, 0.25) is 0 Å². The van der Waals surface area contributed by atoms with Crippen LogP contribution >= 0.6 is 11.3 Å². The molecule has 1 saturated carbocycles. The lowest BCUT2D eigenvalue weighted by Crippen LogP contribution is -2.34. The SMILES string of the molecule is O=C(Nc1nc(-c2ccc(F)cc2)cs1)N1CCC(OCC2CC2)C1. The molecule has 1 aliphatic carbocycles. The van der Waals surface area contributed by atoms with Crippen molar-refractivity contribution >= 4 is 22.5 Å². The van der Waals surface area contributed by atoms with Gasteiger partial charge >= 0.3 is 6.03 Å². The van der Waals surface area contributed by atoms with Crippen molar-refractivity contribution in [3.63, 3.8) is 0 Å². The molecule has 1 atom stereocenters.